The molecule has 3 rings (SSSR count). The number of nitrogens with zero attached hydrogens (tertiary/aromatic N) is 1. The number of amides is 2. The molecule has 0 saturated heterocycles. The Labute approximate surface area is 134 Å². The van der Waals surface area contributed by atoms with Crippen LogP contribution in [0.15, 0.2) is 41.2 Å². The second-order valence-corrected chi connectivity index (χ2v) is 5.80. The average Bonchev–Trinajstić information content (AvgIpc) is 2.76. The van der Waals surface area contributed by atoms with Crippen LogP contribution in [0.1, 0.15) is 29.7 Å². The first-order chi connectivity index (χ1) is 11.2. The molecule has 1 aromatic heterocycles. The molecule has 0 aliphatic heterocycles. The lowest BCUT2D eigenvalue weighted by molar-refractivity contribution is 0.235. The van der Waals surface area contributed by atoms with Gasteiger partial charge in [0.05, 0.1) is 12.2 Å². The Morgan fingerprint density at radius 2 is 2.04 bits per heavy atom. The fraction of sp³-hybridized carbons (Fsp3) is 0.353. The zero-order valence-electron chi connectivity index (χ0n) is 12.8. The number of nitrogens with one attached hydrogen (secondary N) is 3. The Morgan fingerprint density at radius 1 is 1.22 bits per heavy atom. The Kier molecular flexibility index (Phi) is 4.71. The highest BCUT2D eigenvalue weighted by Crippen LogP contribution is 2.20. The predicted octanol–water partition coefficient (Wildman–Crippen LogP) is 1.52. The van der Waals surface area contributed by atoms with E-state index in [9.17, 15) is 9.59 Å². The molecule has 0 radical (unpaired) electrons. The van der Waals surface area contributed by atoms with Crippen LogP contribution >= 0.6 is 0 Å². The van der Waals surface area contributed by atoms with Crippen LogP contribution in [0.25, 0.3) is 0 Å². The molecule has 2 amide bonds. The highest BCUT2D eigenvalue weighted by molar-refractivity contribution is 5.74. The third-order valence-corrected chi connectivity index (χ3v) is 4.09. The summed E-state index contributed by atoms with van der Waals surface area (Å²) in [6, 6.07) is 11.3. The minimum absolute atomic E-state index is 0.141. The van der Waals surface area contributed by atoms with Crippen LogP contribution in [-0.2, 0) is 19.4 Å². The lowest BCUT2D eigenvalue weighted by atomic mass is 10.0. The summed E-state index contributed by atoms with van der Waals surface area (Å²) in [4.78, 5) is 23.0. The molecule has 1 atom stereocenters. The van der Waals surface area contributed by atoms with Crippen LogP contribution < -0.4 is 16.2 Å². The number of benzene rings is 1. The molecule has 2 aromatic rings. The van der Waals surface area contributed by atoms with Gasteiger partial charge in [0, 0.05) is 12.1 Å². The van der Waals surface area contributed by atoms with Crippen molar-refractivity contribution in [3.8, 4) is 0 Å². The summed E-state index contributed by atoms with van der Waals surface area (Å²) >= 11 is 0. The molecule has 23 heavy (non-hydrogen) atoms. The number of H-pyrrole nitrogens is 1. The minimum Gasteiger partial charge on any atom is -0.335 e. The smallest absolute Gasteiger partial charge is 0.315 e. The first-order valence-electron chi connectivity index (χ1n) is 7.86. The fourth-order valence-corrected chi connectivity index (χ4v) is 2.91. The lowest BCUT2D eigenvalue weighted by Crippen LogP contribution is -2.42. The average molecular weight is 312 g/mol. The van der Waals surface area contributed by atoms with Gasteiger partial charge in [-0.25, -0.2) is 9.89 Å². The van der Waals surface area contributed by atoms with Crippen molar-refractivity contribution in [3.63, 3.8) is 0 Å². The van der Waals surface area contributed by atoms with Crippen LogP contribution in [0.2, 0.25) is 0 Å². The quantitative estimate of drug-likeness (QED) is 0.751. The van der Waals surface area contributed by atoms with E-state index in [4.69, 9.17) is 0 Å². The van der Waals surface area contributed by atoms with Gasteiger partial charge in [-0.2, -0.15) is 5.10 Å². The lowest BCUT2D eigenvalue weighted by Gasteiger charge is -2.17. The molecule has 0 saturated carbocycles. The molecule has 0 fully saturated rings. The van der Waals surface area contributed by atoms with Gasteiger partial charge in [0.2, 0.25) is 0 Å². The Bertz CT molecular complexity index is 721. The summed E-state index contributed by atoms with van der Waals surface area (Å²) in [6.07, 6.45) is 3.97. The van der Waals surface area contributed by atoms with E-state index < -0.39 is 0 Å². The van der Waals surface area contributed by atoms with Crippen LogP contribution in [0, 0.1) is 0 Å². The Balaban J connectivity index is 1.53. The highest BCUT2D eigenvalue weighted by atomic mass is 16.2. The largest absolute Gasteiger partial charge is 0.335 e. The summed E-state index contributed by atoms with van der Waals surface area (Å²) in [7, 11) is 0. The number of rotatable bonds is 3. The molecular weight excluding hydrogens is 292 g/mol. The van der Waals surface area contributed by atoms with E-state index in [1.54, 1.807) is 6.07 Å². The summed E-state index contributed by atoms with van der Waals surface area (Å²) in [5.41, 5.74) is 3.06. The number of hydrogen-bond donors (Lipinski definition) is 3. The van der Waals surface area contributed by atoms with Gasteiger partial charge in [0.25, 0.3) is 5.56 Å². The van der Waals surface area contributed by atoms with E-state index in [-0.39, 0.29) is 24.2 Å². The van der Waals surface area contributed by atoms with Gasteiger partial charge in [-0.05, 0) is 42.9 Å². The zero-order valence-corrected chi connectivity index (χ0v) is 12.8. The fourth-order valence-electron chi connectivity index (χ4n) is 2.91. The molecule has 3 N–H and O–H groups in total. The normalized spacial score (nSPS) is 17.0. The SMILES string of the molecule is O=C(NCc1ccc(=O)[nH]n1)NC1CCCc2ccccc2C1. The first-order valence-corrected chi connectivity index (χ1v) is 7.86. The van der Waals surface area contributed by atoms with E-state index in [1.807, 2.05) is 6.07 Å². The maximum Gasteiger partial charge on any atom is 0.315 e. The van der Waals surface area contributed by atoms with E-state index >= 15 is 0 Å². The molecule has 0 spiro atoms. The van der Waals surface area contributed by atoms with Crippen molar-refractivity contribution in [2.24, 2.45) is 0 Å². The van der Waals surface area contributed by atoms with E-state index in [1.165, 1.54) is 17.2 Å². The second-order valence-electron chi connectivity index (χ2n) is 5.80. The van der Waals surface area contributed by atoms with Crippen molar-refractivity contribution in [1.82, 2.24) is 20.8 Å². The first kappa shape index (κ1) is 15.3. The molecule has 1 heterocycles. The number of carbonyl (C=O) groups excluding carboxylic acids is 1. The van der Waals surface area contributed by atoms with Crippen LogP contribution in [0.5, 0.6) is 0 Å². The summed E-state index contributed by atoms with van der Waals surface area (Å²) in [5.74, 6) is 0. The van der Waals surface area contributed by atoms with Gasteiger partial charge in [0.15, 0.2) is 0 Å². The molecule has 1 aliphatic rings. The monoisotopic (exact) mass is 312 g/mol. The van der Waals surface area contributed by atoms with Crippen molar-refractivity contribution < 1.29 is 4.79 Å². The number of aromatic amines is 1. The van der Waals surface area contributed by atoms with Crippen molar-refractivity contribution >= 4 is 6.03 Å². The highest BCUT2D eigenvalue weighted by Gasteiger charge is 2.18. The van der Waals surface area contributed by atoms with Gasteiger partial charge in [-0.3, -0.25) is 4.79 Å². The van der Waals surface area contributed by atoms with Crippen molar-refractivity contribution in [2.75, 3.05) is 0 Å². The zero-order chi connectivity index (χ0) is 16.1. The molecular formula is C17H20N4O2. The standard InChI is InChI=1S/C17H20N4O2/c22-16-9-8-15(20-21-16)11-18-17(23)19-14-7-3-6-12-4-1-2-5-13(12)10-14/h1-2,4-5,8-9,14H,3,6-7,10-11H2,(H,21,22)(H2,18,19,23). The van der Waals surface area contributed by atoms with Gasteiger partial charge >= 0.3 is 6.03 Å². The van der Waals surface area contributed by atoms with Gasteiger partial charge in [-0.1, -0.05) is 24.3 Å². The number of fused-ring (bicyclic) bond motifs is 1. The van der Waals surface area contributed by atoms with Gasteiger partial charge < -0.3 is 10.6 Å². The predicted molar refractivity (Wildman–Crippen MR) is 87.1 cm³/mol. The third kappa shape index (κ3) is 4.18. The summed E-state index contributed by atoms with van der Waals surface area (Å²) in [6.45, 7) is 0.284. The Hall–Kier alpha value is -2.63. The molecule has 1 aliphatic carbocycles. The minimum atomic E-state index is -0.254. The summed E-state index contributed by atoms with van der Waals surface area (Å²) in [5, 5.41) is 12.0. The van der Waals surface area contributed by atoms with E-state index in [0.717, 1.165) is 25.7 Å². The number of urea groups is 1. The number of aromatic nitrogens is 2. The molecule has 1 aromatic carbocycles. The summed E-state index contributed by atoms with van der Waals surface area (Å²) < 4.78 is 0. The third-order valence-electron chi connectivity index (χ3n) is 4.09. The van der Waals surface area contributed by atoms with Crippen LogP contribution in [-0.4, -0.2) is 22.3 Å². The maximum absolute atomic E-state index is 12.1. The molecule has 6 heteroatoms. The number of aryl methyl sites for hydroxylation is 1. The topological polar surface area (TPSA) is 86.9 Å². The Morgan fingerprint density at radius 3 is 2.83 bits per heavy atom. The molecule has 0 bridgehead atoms. The van der Waals surface area contributed by atoms with Crippen molar-refractivity contribution in [3.05, 3.63) is 63.6 Å². The number of carbonyl (C=O) groups is 1. The van der Waals surface area contributed by atoms with Gasteiger partial charge in [0.1, 0.15) is 0 Å². The maximum atomic E-state index is 12.1. The molecule has 6 nitrogen and oxygen atoms in total. The number of hydrogen-bond acceptors (Lipinski definition) is 3. The van der Waals surface area contributed by atoms with Crippen LogP contribution in [0.3, 0.4) is 0 Å². The van der Waals surface area contributed by atoms with E-state index in [0.29, 0.717) is 5.69 Å². The second kappa shape index (κ2) is 7.09. The van der Waals surface area contributed by atoms with Gasteiger partial charge in [-0.15, -0.1) is 0 Å². The van der Waals surface area contributed by atoms with Crippen LogP contribution in [0.4, 0.5) is 4.79 Å². The van der Waals surface area contributed by atoms with Crippen molar-refractivity contribution in [2.45, 2.75) is 38.3 Å². The molecule has 120 valence electrons. The van der Waals surface area contributed by atoms with E-state index in [2.05, 4.69) is 39.0 Å². The van der Waals surface area contributed by atoms with Crippen molar-refractivity contribution in [1.29, 1.82) is 0 Å². The molecule has 1 unspecified atom stereocenters.